The Morgan fingerprint density at radius 2 is 1.78 bits per heavy atom. The van der Waals surface area contributed by atoms with E-state index in [9.17, 15) is 8.42 Å². The molecule has 0 aromatic heterocycles. The topological polar surface area (TPSA) is 82.6 Å². The van der Waals surface area contributed by atoms with E-state index < -0.39 is 10.0 Å². The molecule has 0 amide bonds. The lowest BCUT2D eigenvalue weighted by molar-refractivity contribution is 0.297. The quantitative estimate of drug-likeness (QED) is 0.320. The molecule has 0 aromatic carbocycles. The fourth-order valence-electron chi connectivity index (χ4n) is 2.96. The van der Waals surface area contributed by atoms with Crippen molar-refractivity contribution in [2.75, 3.05) is 31.9 Å². The van der Waals surface area contributed by atoms with E-state index >= 15 is 0 Å². The zero-order chi connectivity index (χ0) is 17.2. The molecule has 136 valence electrons. The first kappa shape index (κ1) is 20.2. The molecule has 0 saturated heterocycles. The fraction of sp³-hybridized carbons (Fsp3) is 0.938. The van der Waals surface area contributed by atoms with Gasteiger partial charge in [0.1, 0.15) is 0 Å². The minimum atomic E-state index is -3.09. The van der Waals surface area contributed by atoms with Gasteiger partial charge in [-0.25, -0.2) is 13.1 Å². The van der Waals surface area contributed by atoms with Gasteiger partial charge in [-0.1, -0.05) is 19.8 Å². The molecule has 3 N–H and O–H groups in total. The van der Waals surface area contributed by atoms with Crippen molar-refractivity contribution in [2.45, 2.75) is 59.3 Å². The van der Waals surface area contributed by atoms with Crippen LogP contribution in [0, 0.1) is 5.41 Å². The SMILES string of the molecule is CCNC(=NCC1(CC)CCCC1)NCCCNS(=O)(=O)CC. The lowest BCUT2D eigenvalue weighted by Crippen LogP contribution is -2.39. The van der Waals surface area contributed by atoms with Crippen molar-refractivity contribution in [3.05, 3.63) is 0 Å². The Labute approximate surface area is 142 Å². The molecule has 0 unspecified atom stereocenters. The van der Waals surface area contributed by atoms with E-state index in [2.05, 4.69) is 29.2 Å². The van der Waals surface area contributed by atoms with Crippen molar-refractivity contribution in [3.63, 3.8) is 0 Å². The molecule has 0 atom stereocenters. The smallest absolute Gasteiger partial charge is 0.211 e. The summed E-state index contributed by atoms with van der Waals surface area (Å²) in [6.45, 7) is 8.83. The molecule has 0 spiro atoms. The van der Waals surface area contributed by atoms with Crippen LogP contribution < -0.4 is 15.4 Å². The van der Waals surface area contributed by atoms with Gasteiger partial charge in [-0.3, -0.25) is 4.99 Å². The van der Waals surface area contributed by atoms with Crippen LogP contribution >= 0.6 is 0 Å². The van der Waals surface area contributed by atoms with Gasteiger partial charge >= 0.3 is 0 Å². The van der Waals surface area contributed by atoms with E-state index in [0.717, 1.165) is 25.5 Å². The molecule has 1 aliphatic carbocycles. The average Bonchev–Trinajstić information content (AvgIpc) is 3.01. The maximum Gasteiger partial charge on any atom is 0.211 e. The summed E-state index contributed by atoms with van der Waals surface area (Å²) >= 11 is 0. The van der Waals surface area contributed by atoms with E-state index in [4.69, 9.17) is 4.99 Å². The van der Waals surface area contributed by atoms with Gasteiger partial charge in [0.05, 0.1) is 5.75 Å². The van der Waals surface area contributed by atoms with Crippen LogP contribution in [0.2, 0.25) is 0 Å². The van der Waals surface area contributed by atoms with E-state index in [-0.39, 0.29) is 5.75 Å². The summed E-state index contributed by atoms with van der Waals surface area (Å²) in [6.07, 6.45) is 7.14. The zero-order valence-corrected chi connectivity index (χ0v) is 15.8. The van der Waals surface area contributed by atoms with Crippen LogP contribution in [-0.4, -0.2) is 46.3 Å². The molecular formula is C16H34N4O2S. The minimum absolute atomic E-state index is 0.129. The van der Waals surface area contributed by atoms with Crippen molar-refractivity contribution >= 4 is 16.0 Å². The molecule has 7 heteroatoms. The van der Waals surface area contributed by atoms with Crippen LogP contribution in [-0.2, 0) is 10.0 Å². The molecule has 1 aliphatic rings. The summed E-state index contributed by atoms with van der Waals surface area (Å²) in [4.78, 5) is 4.76. The highest BCUT2D eigenvalue weighted by Gasteiger charge is 2.31. The summed E-state index contributed by atoms with van der Waals surface area (Å²) in [6, 6.07) is 0. The van der Waals surface area contributed by atoms with Gasteiger partial charge in [0, 0.05) is 26.2 Å². The molecule has 1 fully saturated rings. The van der Waals surface area contributed by atoms with Crippen molar-refractivity contribution < 1.29 is 8.42 Å². The number of nitrogens with one attached hydrogen (secondary N) is 3. The number of guanidine groups is 1. The predicted molar refractivity (Wildman–Crippen MR) is 97.3 cm³/mol. The molecule has 0 heterocycles. The Morgan fingerprint density at radius 1 is 1.09 bits per heavy atom. The summed E-state index contributed by atoms with van der Waals surface area (Å²) in [5.74, 6) is 0.967. The molecule has 0 aromatic rings. The molecule has 1 rings (SSSR count). The number of rotatable bonds is 10. The van der Waals surface area contributed by atoms with Crippen LogP contribution in [0.5, 0.6) is 0 Å². The van der Waals surface area contributed by atoms with E-state index in [1.807, 2.05) is 0 Å². The normalized spacial score (nSPS) is 18.1. The summed E-state index contributed by atoms with van der Waals surface area (Å²) < 4.78 is 25.3. The standard InChI is InChI=1S/C16H34N4O2S/c1-4-16(10-7-8-11-16)14-19-15(17-5-2)18-12-9-13-20-23(21,22)6-3/h20H,4-14H2,1-3H3,(H2,17,18,19). The first-order valence-corrected chi connectivity index (χ1v) is 10.6. The third-order valence-electron chi connectivity index (χ3n) is 4.68. The maximum absolute atomic E-state index is 11.3. The zero-order valence-electron chi connectivity index (χ0n) is 15.0. The largest absolute Gasteiger partial charge is 0.357 e. The third kappa shape index (κ3) is 7.52. The Morgan fingerprint density at radius 3 is 2.35 bits per heavy atom. The summed E-state index contributed by atoms with van der Waals surface area (Å²) in [5, 5.41) is 6.56. The second kappa shape index (κ2) is 10.1. The van der Waals surface area contributed by atoms with Gasteiger partial charge in [0.2, 0.25) is 10.0 Å². The minimum Gasteiger partial charge on any atom is -0.357 e. The maximum atomic E-state index is 11.3. The molecule has 0 bridgehead atoms. The Hall–Kier alpha value is -0.820. The number of sulfonamides is 1. The predicted octanol–water partition coefficient (Wildman–Crippen LogP) is 1.84. The first-order chi connectivity index (χ1) is 11.0. The lowest BCUT2D eigenvalue weighted by atomic mass is 9.84. The van der Waals surface area contributed by atoms with Crippen molar-refractivity contribution in [1.29, 1.82) is 0 Å². The van der Waals surface area contributed by atoms with Crippen LogP contribution in [0.15, 0.2) is 4.99 Å². The molecular weight excluding hydrogens is 312 g/mol. The van der Waals surface area contributed by atoms with Gasteiger partial charge in [0.15, 0.2) is 5.96 Å². The summed E-state index contributed by atoms with van der Waals surface area (Å²) in [5.41, 5.74) is 0.388. The number of hydrogen-bond donors (Lipinski definition) is 3. The highest BCUT2D eigenvalue weighted by atomic mass is 32.2. The monoisotopic (exact) mass is 346 g/mol. The summed E-state index contributed by atoms with van der Waals surface area (Å²) in [7, 11) is -3.09. The Bertz CT molecular complexity index is 457. The highest BCUT2D eigenvalue weighted by molar-refractivity contribution is 7.89. The van der Waals surface area contributed by atoms with E-state index in [0.29, 0.717) is 18.5 Å². The van der Waals surface area contributed by atoms with Crippen molar-refractivity contribution in [1.82, 2.24) is 15.4 Å². The van der Waals surface area contributed by atoms with E-state index in [1.54, 1.807) is 6.92 Å². The van der Waals surface area contributed by atoms with Crippen LogP contribution in [0.4, 0.5) is 0 Å². The molecule has 1 saturated carbocycles. The average molecular weight is 347 g/mol. The Balaban J connectivity index is 2.38. The number of aliphatic imine (C=N–C) groups is 1. The van der Waals surface area contributed by atoms with Gasteiger partial charge in [-0.15, -0.1) is 0 Å². The van der Waals surface area contributed by atoms with Gasteiger partial charge in [-0.05, 0) is 44.9 Å². The van der Waals surface area contributed by atoms with Crippen molar-refractivity contribution in [2.24, 2.45) is 10.4 Å². The third-order valence-corrected chi connectivity index (χ3v) is 6.08. The van der Waals surface area contributed by atoms with Crippen molar-refractivity contribution in [3.8, 4) is 0 Å². The lowest BCUT2D eigenvalue weighted by Gasteiger charge is -2.25. The molecule has 6 nitrogen and oxygen atoms in total. The van der Waals surface area contributed by atoms with Gasteiger partial charge in [-0.2, -0.15) is 0 Å². The fourth-order valence-corrected chi connectivity index (χ4v) is 3.62. The van der Waals surface area contributed by atoms with Gasteiger partial charge < -0.3 is 10.6 Å². The van der Waals surface area contributed by atoms with Crippen LogP contribution in [0.3, 0.4) is 0 Å². The first-order valence-electron chi connectivity index (χ1n) is 8.96. The van der Waals surface area contributed by atoms with Crippen LogP contribution in [0.25, 0.3) is 0 Å². The number of nitrogens with zero attached hydrogens (tertiary/aromatic N) is 1. The molecule has 23 heavy (non-hydrogen) atoms. The highest BCUT2D eigenvalue weighted by Crippen LogP contribution is 2.41. The molecule has 0 aliphatic heterocycles. The molecule has 0 radical (unpaired) electrons. The Kier molecular flexibility index (Phi) is 8.91. The second-order valence-electron chi connectivity index (χ2n) is 6.33. The van der Waals surface area contributed by atoms with Gasteiger partial charge in [0.25, 0.3) is 0 Å². The number of hydrogen-bond acceptors (Lipinski definition) is 3. The van der Waals surface area contributed by atoms with E-state index in [1.165, 1.54) is 32.1 Å². The second-order valence-corrected chi connectivity index (χ2v) is 8.43. The van der Waals surface area contributed by atoms with Crippen LogP contribution in [0.1, 0.15) is 59.3 Å².